The maximum Gasteiger partial charge on any atom is 0.125 e. The second-order valence-corrected chi connectivity index (χ2v) is 3.90. The SMILES string of the molecule is [2H]c1nc(N)c([2H])c(N2CCCC(C)C2)c1[2H]. The first-order valence-corrected chi connectivity index (χ1v) is 4.99. The lowest BCUT2D eigenvalue weighted by atomic mass is 10.00. The number of hydrogen-bond acceptors (Lipinski definition) is 3. The summed E-state index contributed by atoms with van der Waals surface area (Å²) in [5.74, 6) is 0.588. The third-order valence-corrected chi connectivity index (χ3v) is 2.57. The molecule has 1 saturated heterocycles. The van der Waals surface area contributed by atoms with E-state index in [1.165, 1.54) is 6.42 Å². The largest absolute Gasteiger partial charge is 0.384 e. The normalized spacial score (nSPS) is 25.4. The van der Waals surface area contributed by atoms with Crippen molar-refractivity contribution in [1.29, 1.82) is 0 Å². The fraction of sp³-hybridized carbons (Fsp3) is 0.545. The Hall–Kier alpha value is -1.25. The zero-order valence-electron chi connectivity index (χ0n) is 11.4. The van der Waals surface area contributed by atoms with E-state index in [2.05, 4.69) is 11.9 Å². The van der Waals surface area contributed by atoms with Crippen molar-refractivity contribution < 1.29 is 4.11 Å². The molecule has 76 valence electrons. The number of anilines is 2. The molecule has 0 aliphatic carbocycles. The first-order chi connectivity index (χ1) is 8.00. The minimum absolute atomic E-state index is 0.0123. The second kappa shape index (κ2) is 3.86. The number of piperidine rings is 1. The monoisotopic (exact) mass is 194 g/mol. The Labute approximate surface area is 89.1 Å². The van der Waals surface area contributed by atoms with E-state index in [1.807, 2.05) is 4.90 Å². The van der Waals surface area contributed by atoms with Gasteiger partial charge in [0.05, 0.1) is 4.11 Å². The van der Waals surface area contributed by atoms with Gasteiger partial charge in [-0.15, -0.1) is 0 Å². The van der Waals surface area contributed by atoms with Gasteiger partial charge < -0.3 is 10.6 Å². The zero-order valence-corrected chi connectivity index (χ0v) is 8.38. The van der Waals surface area contributed by atoms with Crippen molar-refractivity contribution in [2.24, 2.45) is 5.92 Å². The average molecular weight is 194 g/mol. The quantitative estimate of drug-likeness (QED) is 0.742. The van der Waals surface area contributed by atoms with E-state index in [1.54, 1.807) is 0 Å². The lowest BCUT2D eigenvalue weighted by molar-refractivity contribution is 0.447. The summed E-state index contributed by atoms with van der Waals surface area (Å²) in [6.45, 7) is 3.80. The summed E-state index contributed by atoms with van der Waals surface area (Å²) in [7, 11) is 0. The van der Waals surface area contributed by atoms with Crippen LogP contribution in [-0.2, 0) is 0 Å². The van der Waals surface area contributed by atoms with Crippen LogP contribution in [0, 0.1) is 5.92 Å². The van der Waals surface area contributed by atoms with Crippen molar-refractivity contribution in [2.45, 2.75) is 19.8 Å². The van der Waals surface area contributed by atoms with Gasteiger partial charge in [0.25, 0.3) is 0 Å². The smallest absolute Gasteiger partial charge is 0.125 e. The topological polar surface area (TPSA) is 42.1 Å². The van der Waals surface area contributed by atoms with E-state index in [-0.39, 0.29) is 24.1 Å². The van der Waals surface area contributed by atoms with E-state index in [4.69, 9.17) is 9.85 Å². The van der Waals surface area contributed by atoms with Gasteiger partial charge in [-0.25, -0.2) is 4.98 Å². The van der Waals surface area contributed by atoms with Crippen LogP contribution in [0.1, 0.15) is 23.9 Å². The van der Waals surface area contributed by atoms with Crippen LogP contribution in [0.5, 0.6) is 0 Å². The van der Waals surface area contributed by atoms with E-state index in [0.29, 0.717) is 11.6 Å². The molecule has 0 bridgehead atoms. The maximum atomic E-state index is 7.90. The molecule has 1 unspecified atom stereocenters. The molecule has 3 heteroatoms. The summed E-state index contributed by atoms with van der Waals surface area (Å²) >= 11 is 0. The fourth-order valence-electron chi connectivity index (χ4n) is 1.87. The summed E-state index contributed by atoms with van der Waals surface area (Å²) in [6, 6.07) is 0.0957. The predicted molar refractivity (Wildman–Crippen MR) is 59.3 cm³/mol. The molecule has 14 heavy (non-hydrogen) atoms. The summed E-state index contributed by atoms with van der Waals surface area (Å²) in [4.78, 5) is 5.68. The van der Waals surface area contributed by atoms with Gasteiger partial charge in [-0.1, -0.05) is 6.92 Å². The van der Waals surface area contributed by atoms with Crippen molar-refractivity contribution in [2.75, 3.05) is 23.7 Å². The highest BCUT2D eigenvalue weighted by atomic mass is 15.1. The molecule has 3 nitrogen and oxygen atoms in total. The Morgan fingerprint density at radius 3 is 3.36 bits per heavy atom. The average Bonchev–Trinajstić information content (AvgIpc) is 2.27. The third-order valence-electron chi connectivity index (χ3n) is 2.57. The van der Waals surface area contributed by atoms with Crippen LogP contribution < -0.4 is 10.6 Å². The Balaban J connectivity index is 2.43. The molecule has 2 heterocycles. The number of nitrogens with zero attached hydrogens (tertiary/aromatic N) is 2. The number of hydrogen-bond donors (Lipinski definition) is 1. The highest BCUT2D eigenvalue weighted by Gasteiger charge is 2.16. The molecular weight excluding hydrogens is 174 g/mol. The van der Waals surface area contributed by atoms with Crippen LogP contribution in [-0.4, -0.2) is 18.1 Å². The van der Waals surface area contributed by atoms with Crippen LogP contribution >= 0.6 is 0 Å². The molecule has 1 aliphatic rings. The van der Waals surface area contributed by atoms with Gasteiger partial charge in [0.1, 0.15) is 5.82 Å². The summed E-state index contributed by atoms with van der Waals surface area (Å²) in [5, 5.41) is 0. The molecule has 0 aromatic carbocycles. The molecule has 1 aromatic rings. The predicted octanol–water partition coefficient (Wildman–Crippen LogP) is 1.90. The molecule has 1 aromatic heterocycles. The van der Waals surface area contributed by atoms with Gasteiger partial charge in [0.2, 0.25) is 0 Å². The van der Waals surface area contributed by atoms with Crippen molar-refractivity contribution in [3.05, 3.63) is 18.3 Å². The Bertz CT molecular complexity index is 410. The van der Waals surface area contributed by atoms with Crippen LogP contribution in [0.15, 0.2) is 18.3 Å². The van der Waals surface area contributed by atoms with Crippen molar-refractivity contribution in [3.8, 4) is 0 Å². The molecule has 0 radical (unpaired) electrons. The minimum Gasteiger partial charge on any atom is -0.384 e. The summed E-state index contributed by atoms with van der Waals surface area (Å²) in [6.07, 6.45) is 2.08. The van der Waals surface area contributed by atoms with Gasteiger partial charge in [0.15, 0.2) is 0 Å². The van der Waals surface area contributed by atoms with Crippen molar-refractivity contribution in [3.63, 3.8) is 0 Å². The maximum absolute atomic E-state index is 7.90. The first kappa shape index (κ1) is 6.27. The van der Waals surface area contributed by atoms with Crippen LogP contribution in [0.3, 0.4) is 0 Å². The van der Waals surface area contributed by atoms with Crippen LogP contribution in [0.2, 0.25) is 0 Å². The Morgan fingerprint density at radius 1 is 1.71 bits per heavy atom. The van der Waals surface area contributed by atoms with Gasteiger partial charge in [-0.05, 0) is 24.8 Å². The number of nitrogen functional groups attached to an aromatic ring is 1. The van der Waals surface area contributed by atoms with Crippen LogP contribution in [0.4, 0.5) is 11.5 Å². The van der Waals surface area contributed by atoms with E-state index in [0.717, 1.165) is 19.5 Å². The highest BCUT2D eigenvalue weighted by molar-refractivity contribution is 5.52. The van der Waals surface area contributed by atoms with E-state index in [9.17, 15) is 0 Å². The summed E-state index contributed by atoms with van der Waals surface area (Å²) < 4.78 is 23.3. The molecule has 1 aliphatic heterocycles. The van der Waals surface area contributed by atoms with E-state index < -0.39 is 0 Å². The van der Waals surface area contributed by atoms with Gasteiger partial charge in [0, 0.05) is 31.0 Å². The molecule has 0 spiro atoms. The summed E-state index contributed by atoms with van der Waals surface area (Å²) in [5.41, 5.74) is 6.07. The third kappa shape index (κ3) is 1.97. The Kier molecular flexibility index (Phi) is 1.73. The Morgan fingerprint density at radius 2 is 2.57 bits per heavy atom. The molecular formula is C11H17N3. The standard InChI is InChI=1S/C11H17N3/c1-9-3-2-6-14(8-9)10-4-5-13-11(12)7-10/h4-5,7,9H,2-3,6,8H2,1H3,(H2,12,13)/i4D,5D,7D. The highest BCUT2D eigenvalue weighted by Crippen LogP contribution is 2.23. The fourth-order valence-corrected chi connectivity index (χ4v) is 1.87. The zero-order chi connectivity index (χ0) is 12.6. The van der Waals surface area contributed by atoms with Gasteiger partial charge >= 0.3 is 0 Å². The number of nitrogens with two attached hydrogens (primary N) is 1. The van der Waals surface area contributed by atoms with Crippen molar-refractivity contribution >= 4 is 11.5 Å². The second-order valence-electron chi connectivity index (χ2n) is 3.90. The molecule has 1 atom stereocenters. The molecule has 2 rings (SSSR count). The number of rotatable bonds is 1. The lowest BCUT2D eigenvalue weighted by Gasteiger charge is -2.32. The molecule has 2 N–H and O–H groups in total. The molecule has 0 saturated carbocycles. The molecule has 1 fully saturated rings. The van der Waals surface area contributed by atoms with Gasteiger partial charge in [-0.2, -0.15) is 0 Å². The minimum atomic E-state index is -0.147. The van der Waals surface area contributed by atoms with Crippen molar-refractivity contribution in [1.82, 2.24) is 4.98 Å². The first-order valence-electron chi connectivity index (χ1n) is 6.49. The van der Waals surface area contributed by atoms with E-state index >= 15 is 0 Å². The van der Waals surface area contributed by atoms with Gasteiger partial charge in [-0.3, -0.25) is 0 Å². The van der Waals surface area contributed by atoms with Crippen LogP contribution in [0.25, 0.3) is 0 Å². The molecule has 0 amide bonds. The number of pyridine rings is 1. The lowest BCUT2D eigenvalue weighted by Crippen LogP contribution is -2.34. The number of aromatic nitrogens is 1.